The van der Waals surface area contributed by atoms with E-state index < -0.39 is 24.3 Å². The molecule has 0 saturated heterocycles. The Balaban J connectivity index is 2.47. The standard InChI is InChI=1S/C21H34O4SSi/c1-15-18(22)13-14-19(26(23,24)17-11-9-8-10-12-17)16(2)20(15)25-27(6,7)21(3,4)5/h8-12,14-16,18,20,22H,13H2,1-7H3/t15-,16+,18-,20-/m1/s1. The second kappa shape index (κ2) is 7.82. The molecular formula is C21H34O4SSi. The maximum absolute atomic E-state index is 13.3. The number of sulfone groups is 1. The summed E-state index contributed by atoms with van der Waals surface area (Å²) in [4.78, 5) is 0.652. The predicted molar refractivity (Wildman–Crippen MR) is 113 cm³/mol. The normalized spacial score (nSPS) is 27.8. The van der Waals surface area contributed by atoms with Crippen molar-refractivity contribution in [2.24, 2.45) is 11.8 Å². The molecule has 0 saturated carbocycles. The number of aliphatic hydroxyl groups is 1. The molecule has 1 aromatic rings. The third-order valence-corrected chi connectivity index (χ3v) is 12.8. The van der Waals surface area contributed by atoms with E-state index in [-0.39, 0.29) is 23.0 Å². The Morgan fingerprint density at radius 1 is 1.11 bits per heavy atom. The summed E-state index contributed by atoms with van der Waals surface area (Å²) in [6.45, 7) is 14.7. The molecule has 4 atom stereocenters. The number of aliphatic hydroxyl groups excluding tert-OH is 1. The lowest BCUT2D eigenvalue weighted by Crippen LogP contribution is -2.49. The van der Waals surface area contributed by atoms with Gasteiger partial charge in [-0.1, -0.05) is 58.9 Å². The molecule has 2 rings (SSSR count). The molecule has 0 unspecified atom stereocenters. The van der Waals surface area contributed by atoms with Gasteiger partial charge in [0.15, 0.2) is 8.32 Å². The second-order valence-electron chi connectivity index (χ2n) is 9.22. The maximum atomic E-state index is 13.3. The topological polar surface area (TPSA) is 63.6 Å². The minimum Gasteiger partial charge on any atom is -0.413 e. The van der Waals surface area contributed by atoms with E-state index in [2.05, 4.69) is 33.9 Å². The van der Waals surface area contributed by atoms with E-state index in [0.717, 1.165) is 0 Å². The highest BCUT2D eigenvalue weighted by molar-refractivity contribution is 7.95. The minimum absolute atomic E-state index is 0.00583. The molecule has 1 aliphatic carbocycles. The van der Waals surface area contributed by atoms with Gasteiger partial charge in [-0.15, -0.1) is 0 Å². The highest BCUT2D eigenvalue weighted by Crippen LogP contribution is 2.42. The van der Waals surface area contributed by atoms with Crippen LogP contribution in [0.1, 0.15) is 41.0 Å². The molecule has 27 heavy (non-hydrogen) atoms. The first kappa shape index (κ1) is 22.3. The number of rotatable bonds is 4. The van der Waals surface area contributed by atoms with Crippen LogP contribution in [-0.2, 0) is 14.3 Å². The zero-order chi connectivity index (χ0) is 20.6. The average Bonchev–Trinajstić information content (AvgIpc) is 2.67. The molecule has 0 aliphatic heterocycles. The zero-order valence-electron chi connectivity index (χ0n) is 17.6. The van der Waals surface area contributed by atoms with Gasteiger partial charge in [0.05, 0.1) is 22.0 Å². The molecule has 0 spiro atoms. The van der Waals surface area contributed by atoms with Crippen LogP contribution in [0.4, 0.5) is 0 Å². The first-order valence-electron chi connectivity index (χ1n) is 9.65. The molecule has 1 aliphatic rings. The highest BCUT2D eigenvalue weighted by Gasteiger charge is 2.45. The van der Waals surface area contributed by atoms with Crippen molar-refractivity contribution < 1.29 is 18.0 Å². The summed E-state index contributed by atoms with van der Waals surface area (Å²) in [6, 6.07) is 8.51. The molecule has 1 N–H and O–H groups in total. The van der Waals surface area contributed by atoms with Crippen molar-refractivity contribution in [3.8, 4) is 0 Å². The van der Waals surface area contributed by atoms with Gasteiger partial charge >= 0.3 is 0 Å². The Morgan fingerprint density at radius 3 is 2.19 bits per heavy atom. The predicted octanol–water partition coefficient (Wildman–Crippen LogP) is 4.77. The number of hydrogen-bond donors (Lipinski definition) is 1. The van der Waals surface area contributed by atoms with E-state index in [0.29, 0.717) is 16.2 Å². The molecule has 0 bridgehead atoms. The molecule has 0 radical (unpaired) electrons. The summed E-state index contributed by atoms with van der Waals surface area (Å²) in [5, 5.41) is 10.6. The smallest absolute Gasteiger partial charge is 0.202 e. The third kappa shape index (κ3) is 4.55. The van der Waals surface area contributed by atoms with Gasteiger partial charge in [-0.05, 0) is 36.7 Å². The van der Waals surface area contributed by atoms with E-state index in [1.807, 2.05) is 13.8 Å². The summed E-state index contributed by atoms with van der Waals surface area (Å²) in [6.07, 6.45) is 1.06. The van der Waals surface area contributed by atoms with Crippen molar-refractivity contribution in [2.75, 3.05) is 0 Å². The van der Waals surface area contributed by atoms with Crippen LogP contribution < -0.4 is 0 Å². The number of benzene rings is 1. The van der Waals surface area contributed by atoms with Gasteiger partial charge in [-0.25, -0.2) is 8.42 Å². The van der Waals surface area contributed by atoms with Gasteiger partial charge in [0, 0.05) is 11.8 Å². The maximum Gasteiger partial charge on any atom is 0.202 e. The van der Waals surface area contributed by atoms with Gasteiger partial charge in [-0.3, -0.25) is 0 Å². The van der Waals surface area contributed by atoms with Gasteiger partial charge in [0.1, 0.15) is 0 Å². The molecule has 4 nitrogen and oxygen atoms in total. The van der Waals surface area contributed by atoms with Crippen molar-refractivity contribution in [1.82, 2.24) is 0 Å². The van der Waals surface area contributed by atoms with Gasteiger partial charge in [0.25, 0.3) is 0 Å². The SMILES string of the molecule is C[C@H]1[C@@H](O[Si](C)(C)C(C)(C)C)[C@@H](C)C(S(=O)(=O)c2ccccc2)=CC[C@H]1O. The first-order valence-corrected chi connectivity index (χ1v) is 14.0. The lowest BCUT2D eigenvalue weighted by molar-refractivity contribution is 0.0166. The monoisotopic (exact) mass is 410 g/mol. The summed E-state index contributed by atoms with van der Waals surface area (Å²) >= 11 is 0. The van der Waals surface area contributed by atoms with Crippen molar-refractivity contribution >= 4 is 18.2 Å². The van der Waals surface area contributed by atoms with Crippen LogP contribution in [0.5, 0.6) is 0 Å². The van der Waals surface area contributed by atoms with Crippen LogP contribution in [0.3, 0.4) is 0 Å². The Morgan fingerprint density at radius 2 is 1.67 bits per heavy atom. The van der Waals surface area contributed by atoms with Crippen molar-refractivity contribution in [1.29, 1.82) is 0 Å². The molecule has 6 heteroatoms. The summed E-state index contributed by atoms with van der Waals surface area (Å²) in [5.74, 6) is -0.467. The molecule has 0 heterocycles. The second-order valence-corrected chi connectivity index (χ2v) is 15.9. The fourth-order valence-corrected chi connectivity index (χ4v) is 6.47. The minimum atomic E-state index is -3.62. The largest absolute Gasteiger partial charge is 0.413 e. The number of hydrogen-bond acceptors (Lipinski definition) is 4. The lowest BCUT2D eigenvalue weighted by atomic mass is 9.91. The molecule has 0 amide bonds. The quantitative estimate of drug-likeness (QED) is 0.726. The van der Waals surface area contributed by atoms with E-state index in [1.165, 1.54) is 0 Å². The van der Waals surface area contributed by atoms with Gasteiger partial charge < -0.3 is 9.53 Å². The average molecular weight is 411 g/mol. The van der Waals surface area contributed by atoms with Crippen LogP contribution in [0, 0.1) is 11.8 Å². The van der Waals surface area contributed by atoms with Crippen molar-refractivity contribution in [3.63, 3.8) is 0 Å². The molecular weight excluding hydrogens is 376 g/mol. The van der Waals surface area contributed by atoms with Crippen LogP contribution >= 0.6 is 0 Å². The molecule has 0 fully saturated rings. The van der Waals surface area contributed by atoms with Crippen LogP contribution in [-0.4, -0.2) is 34.0 Å². The van der Waals surface area contributed by atoms with E-state index in [4.69, 9.17) is 4.43 Å². The van der Waals surface area contributed by atoms with Crippen molar-refractivity contribution in [3.05, 3.63) is 41.3 Å². The lowest BCUT2D eigenvalue weighted by Gasteiger charge is -2.43. The first-order chi connectivity index (χ1) is 12.3. The van der Waals surface area contributed by atoms with E-state index in [1.54, 1.807) is 36.4 Å². The van der Waals surface area contributed by atoms with Gasteiger partial charge in [-0.2, -0.15) is 0 Å². The summed E-state index contributed by atoms with van der Waals surface area (Å²) in [5.41, 5.74) is 0. The van der Waals surface area contributed by atoms with Crippen LogP contribution in [0.25, 0.3) is 0 Å². The Hall–Kier alpha value is -0.953. The summed E-state index contributed by atoms with van der Waals surface area (Å²) in [7, 11) is -5.75. The Kier molecular flexibility index (Phi) is 6.47. The Bertz CT molecular complexity index is 778. The zero-order valence-corrected chi connectivity index (χ0v) is 19.4. The van der Waals surface area contributed by atoms with E-state index in [9.17, 15) is 13.5 Å². The highest BCUT2D eigenvalue weighted by atomic mass is 32.2. The molecule has 152 valence electrons. The third-order valence-electron chi connectivity index (χ3n) is 6.23. The van der Waals surface area contributed by atoms with Crippen LogP contribution in [0.15, 0.2) is 46.2 Å². The van der Waals surface area contributed by atoms with Gasteiger partial charge in [0.2, 0.25) is 9.84 Å². The van der Waals surface area contributed by atoms with Crippen molar-refractivity contribution in [2.45, 2.75) is 76.3 Å². The summed E-state index contributed by atoms with van der Waals surface area (Å²) < 4.78 is 33.2. The fraction of sp³-hybridized carbons (Fsp3) is 0.619. The molecule has 0 aromatic heterocycles. The molecule has 1 aromatic carbocycles. The van der Waals surface area contributed by atoms with E-state index >= 15 is 0 Å². The fourth-order valence-electron chi connectivity index (χ4n) is 3.29. The Labute approximate surface area is 165 Å². The van der Waals surface area contributed by atoms with Crippen LogP contribution in [0.2, 0.25) is 18.1 Å².